The van der Waals surface area contributed by atoms with Crippen molar-refractivity contribution in [3.63, 3.8) is 0 Å². The lowest BCUT2D eigenvalue weighted by atomic mass is 10.0. The largest absolute Gasteiger partial charge is 0.399 e. The minimum atomic E-state index is -1.28. The van der Waals surface area contributed by atoms with E-state index in [1.54, 1.807) is 14.0 Å². The summed E-state index contributed by atoms with van der Waals surface area (Å²) < 4.78 is 13.5. The van der Waals surface area contributed by atoms with Gasteiger partial charge in [-0.3, -0.25) is 0 Å². The minimum Gasteiger partial charge on any atom is -0.399 e. The third kappa shape index (κ3) is 2.69. The highest BCUT2D eigenvalue weighted by Gasteiger charge is 2.21. The molecule has 2 unspecified atom stereocenters. The zero-order valence-corrected chi connectivity index (χ0v) is 9.37. The molecule has 0 amide bonds. The van der Waals surface area contributed by atoms with Gasteiger partial charge in [-0.2, -0.15) is 0 Å². The van der Waals surface area contributed by atoms with E-state index in [0.717, 1.165) is 0 Å². The van der Waals surface area contributed by atoms with Crippen molar-refractivity contribution in [2.45, 2.75) is 19.1 Å². The molecule has 0 aliphatic rings. The molecule has 0 aliphatic heterocycles. The average molecular weight is 228 g/mol. The molecule has 0 bridgehead atoms. The van der Waals surface area contributed by atoms with Crippen LogP contribution < -0.4 is 11.1 Å². The molecule has 0 heterocycles. The van der Waals surface area contributed by atoms with Crippen LogP contribution in [-0.2, 0) is 0 Å². The Kier molecular flexibility index (Phi) is 4.23. The number of hydrogen-bond donors (Lipinski definition) is 4. The molecule has 16 heavy (non-hydrogen) atoms. The molecular weight excluding hydrogens is 211 g/mol. The number of anilines is 1. The van der Waals surface area contributed by atoms with Crippen LogP contribution in [0.2, 0.25) is 0 Å². The maximum Gasteiger partial charge on any atom is 0.129 e. The van der Waals surface area contributed by atoms with E-state index in [4.69, 9.17) is 5.73 Å². The maximum atomic E-state index is 13.5. The first-order valence-corrected chi connectivity index (χ1v) is 5.03. The summed E-state index contributed by atoms with van der Waals surface area (Å²) >= 11 is 0. The van der Waals surface area contributed by atoms with Gasteiger partial charge in [0.05, 0.1) is 6.10 Å². The van der Waals surface area contributed by atoms with Crippen molar-refractivity contribution < 1.29 is 14.6 Å². The molecule has 1 rings (SSSR count). The van der Waals surface area contributed by atoms with Crippen LogP contribution in [0.25, 0.3) is 0 Å². The van der Waals surface area contributed by atoms with Gasteiger partial charge in [-0.15, -0.1) is 0 Å². The number of aliphatic hydroxyl groups is 2. The summed E-state index contributed by atoms with van der Waals surface area (Å²) in [4.78, 5) is 0. The summed E-state index contributed by atoms with van der Waals surface area (Å²) in [7, 11) is 1.63. The van der Waals surface area contributed by atoms with Gasteiger partial charge in [0.1, 0.15) is 11.9 Å². The van der Waals surface area contributed by atoms with E-state index in [9.17, 15) is 14.6 Å². The second kappa shape index (κ2) is 5.25. The molecule has 0 saturated heterocycles. The van der Waals surface area contributed by atoms with Crippen LogP contribution in [-0.4, -0.2) is 29.9 Å². The molecule has 0 radical (unpaired) electrons. The Hall–Kier alpha value is -1.17. The molecular formula is C11H17FN2O2. The summed E-state index contributed by atoms with van der Waals surface area (Å²) in [6.07, 6.45) is -2.35. The lowest BCUT2D eigenvalue weighted by Gasteiger charge is -2.19. The van der Waals surface area contributed by atoms with E-state index in [2.05, 4.69) is 5.32 Å². The molecule has 90 valence electrons. The van der Waals surface area contributed by atoms with Crippen molar-refractivity contribution in [3.8, 4) is 0 Å². The lowest BCUT2D eigenvalue weighted by molar-refractivity contribution is 0.0182. The molecule has 1 aromatic carbocycles. The van der Waals surface area contributed by atoms with Crippen molar-refractivity contribution in [3.05, 3.63) is 29.1 Å². The minimum absolute atomic E-state index is 0.0193. The zero-order chi connectivity index (χ0) is 12.3. The Morgan fingerprint density at radius 1 is 1.44 bits per heavy atom. The van der Waals surface area contributed by atoms with Gasteiger partial charge >= 0.3 is 0 Å². The Balaban J connectivity index is 2.99. The molecule has 0 spiro atoms. The molecule has 0 fully saturated rings. The quantitative estimate of drug-likeness (QED) is 0.560. The molecule has 4 nitrogen and oxygen atoms in total. The van der Waals surface area contributed by atoms with Crippen LogP contribution in [0, 0.1) is 12.7 Å². The van der Waals surface area contributed by atoms with Gasteiger partial charge in [0.15, 0.2) is 0 Å². The molecule has 0 aliphatic carbocycles. The van der Waals surface area contributed by atoms with E-state index in [0.29, 0.717) is 11.3 Å². The van der Waals surface area contributed by atoms with Crippen LogP contribution in [0.15, 0.2) is 12.1 Å². The van der Waals surface area contributed by atoms with Crippen LogP contribution in [0.1, 0.15) is 17.2 Å². The van der Waals surface area contributed by atoms with Crippen molar-refractivity contribution in [2.24, 2.45) is 0 Å². The predicted octanol–water partition coefficient (Wildman–Crippen LogP) is 0.330. The highest BCUT2D eigenvalue weighted by atomic mass is 19.1. The normalized spacial score (nSPS) is 14.8. The van der Waals surface area contributed by atoms with Crippen LogP contribution in [0.5, 0.6) is 0 Å². The highest BCUT2D eigenvalue weighted by Crippen LogP contribution is 2.24. The number of rotatable bonds is 4. The smallest absolute Gasteiger partial charge is 0.129 e. The van der Waals surface area contributed by atoms with Gasteiger partial charge in [-0.1, -0.05) is 0 Å². The third-order valence-corrected chi connectivity index (χ3v) is 2.48. The van der Waals surface area contributed by atoms with Crippen molar-refractivity contribution in [1.29, 1.82) is 0 Å². The Morgan fingerprint density at radius 2 is 2.06 bits per heavy atom. The van der Waals surface area contributed by atoms with Gasteiger partial charge in [0.2, 0.25) is 0 Å². The van der Waals surface area contributed by atoms with E-state index in [1.165, 1.54) is 12.1 Å². The van der Waals surface area contributed by atoms with E-state index >= 15 is 0 Å². The molecule has 2 atom stereocenters. The fourth-order valence-corrected chi connectivity index (χ4v) is 1.46. The second-order valence-electron chi connectivity index (χ2n) is 3.80. The Bertz CT molecular complexity index is 371. The van der Waals surface area contributed by atoms with Gasteiger partial charge in [-0.25, -0.2) is 4.39 Å². The molecule has 5 heteroatoms. The van der Waals surface area contributed by atoms with Crippen molar-refractivity contribution >= 4 is 5.69 Å². The van der Waals surface area contributed by atoms with Gasteiger partial charge in [0.25, 0.3) is 0 Å². The zero-order valence-electron chi connectivity index (χ0n) is 9.37. The van der Waals surface area contributed by atoms with Crippen molar-refractivity contribution in [1.82, 2.24) is 5.32 Å². The average Bonchev–Trinajstić information content (AvgIpc) is 2.23. The third-order valence-electron chi connectivity index (χ3n) is 2.48. The predicted molar refractivity (Wildman–Crippen MR) is 60.4 cm³/mol. The number of nitrogen functional groups attached to an aromatic ring is 1. The van der Waals surface area contributed by atoms with Gasteiger partial charge < -0.3 is 21.3 Å². The lowest BCUT2D eigenvalue weighted by Crippen LogP contribution is -2.30. The number of nitrogens with two attached hydrogens (primary N) is 1. The fourth-order valence-electron chi connectivity index (χ4n) is 1.46. The number of benzene rings is 1. The fraction of sp³-hybridized carbons (Fsp3) is 0.455. The first kappa shape index (κ1) is 12.9. The monoisotopic (exact) mass is 228 g/mol. The first-order chi connectivity index (χ1) is 7.47. The molecule has 5 N–H and O–H groups in total. The summed E-state index contributed by atoms with van der Waals surface area (Å²) in [6.45, 7) is 1.85. The van der Waals surface area contributed by atoms with E-state index < -0.39 is 18.0 Å². The Labute approximate surface area is 93.9 Å². The second-order valence-corrected chi connectivity index (χ2v) is 3.80. The van der Waals surface area contributed by atoms with Crippen LogP contribution >= 0.6 is 0 Å². The summed E-state index contributed by atoms with van der Waals surface area (Å²) in [5.41, 5.74) is 6.65. The summed E-state index contributed by atoms with van der Waals surface area (Å²) in [5, 5.41) is 22.0. The summed E-state index contributed by atoms with van der Waals surface area (Å²) in [5.74, 6) is -0.561. The van der Waals surface area contributed by atoms with E-state index in [1.807, 2.05) is 0 Å². The number of nitrogens with one attached hydrogen (secondary N) is 1. The molecule has 0 aromatic heterocycles. The SMILES string of the molecule is CNCC(O)C(O)c1cc(N)c(C)cc1F. The number of aryl methyl sites for hydroxylation is 1. The van der Waals surface area contributed by atoms with Gasteiger partial charge in [-0.05, 0) is 31.7 Å². The molecule has 0 saturated carbocycles. The standard InChI is InChI=1S/C11H17FN2O2/c1-6-3-8(12)7(4-9(6)13)11(16)10(15)5-14-2/h3-4,10-11,14-16H,5,13H2,1-2H3. The maximum absolute atomic E-state index is 13.5. The first-order valence-electron chi connectivity index (χ1n) is 5.03. The van der Waals surface area contributed by atoms with Crippen LogP contribution in [0.4, 0.5) is 10.1 Å². The topological polar surface area (TPSA) is 78.5 Å². The number of likely N-dealkylation sites (N-methyl/N-ethyl adjacent to an activating group) is 1. The van der Waals surface area contributed by atoms with Gasteiger partial charge in [0, 0.05) is 17.8 Å². The number of aliphatic hydroxyl groups excluding tert-OH is 2. The summed E-state index contributed by atoms with van der Waals surface area (Å²) in [6, 6.07) is 2.61. The number of hydrogen-bond acceptors (Lipinski definition) is 4. The Morgan fingerprint density at radius 3 is 2.62 bits per heavy atom. The van der Waals surface area contributed by atoms with E-state index in [-0.39, 0.29) is 12.1 Å². The van der Waals surface area contributed by atoms with Crippen molar-refractivity contribution in [2.75, 3.05) is 19.3 Å². The number of halogens is 1. The highest BCUT2D eigenvalue weighted by molar-refractivity contribution is 5.49. The molecule has 1 aromatic rings. The van der Waals surface area contributed by atoms with Crippen LogP contribution in [0.3, 0.4) is 0 Å².